The Hall–Kier alpha value is -0.503. The predicted molar refractivity (Wildman–Crippen MR) is 163 cm³/mol. The van der Waals surface area contributed by atoms with Crippen molar-refractivity contribution in [3.05, 3.63) is 12.2 Å². The Morgan fingerprint density at radius 3 is 2.14 bits per heavy atom. The number of nitrogens with zero attached hydrogens (tertiary/aromatic N) is 1. The van der Waals surface area contributed by atoms with E-state index >= 15 is 0 Å². The number of hydrogen-bond donors (Lipinski definition) is 1. The number of halogens is 3. The normalized spacial score (nSPS) is 28.4. The lowest BCUT2D eigenvalue weighted by Crippen LogP contribution is -2.59. The van der Waals surface area contributed by atoms with Gasteiger partial charge in [-0.25, -0.2) is 0 Å². The second-order valence-electron chi connectivity index (χ2n) is 14.9. The Bertz CT molecular complexity index is 993. The Kier molecular flexibility index (Phi) is 12.4. The third kappa shape index (κ3) is 9.50. The summed E-state index contributed by atoms with van der Waals surface area (Å²) >= 11 is 0. The zero-order valence-corrected chi connectivity index (χ0v) is 29.2. The Morgan fingerprint density at radius 1 is 1.07 bits per heavy atom. The Morgan fingerprint density at radius 2 is 1.64 bits per heavy atom. The maximum absolute atomic E-state index is 13.1. The van der Waals surface area contributed by atoms with Crippen molar-refractivity contribution < 1.29 is 40.1 Å². The van der Waals surface area contributed by atoms with E-state index < -0.39 is 54.6 Å². The van der Waals surface area contributed by atoms with Gasteiger partial charge in [0.15, 0.2) is 8.32 Å². The second kappa shape index (κ2) is 13.9. The van der Waals surface area contributed by atoms with Gasteiger partial charge in [0.1, 0.15) is 0 Å². The van der Waals surface area contributed by atoms with Crippen LogP contribution in [0.3, 0.4) is 0 Å². The van der Waals surface area contributed by atoms with E-state index in [2.05, 4.69) is 77.7 Å². The first-order valence-corrected chi connectivity index (χ1v) is 19.7. The molecule has 1 unspecified atom stereocenters. The molecule has 1 aliphatic heterocycles. The van der Waals surface area contributed by atoms with Crippen LogP contribution in [-0.2, 0) is 23.6 Å². The van der Waals surface area contributed by atoms with Crippen LogP contribution < -0.4 is 0 Å². The molecule has 0 aromatic rings. The minimum absolute atomic E-state index is 0.141. The molecule has 2 rings (SSSR count). The summed E-state index contributed by atoms with van der Waals surface area (Å²) in [6.07, 6.45) is 8.93. The first-order valence-electron chi connectivity index (χ1n) is 15.4. The third-order valence-electron chi connectivity index (χ3n) is 9.40. The number of piperidine rings is 1. The van der Waals surface area contributed by atoms with E-state index in [0.717, 1.165) is 44.9 Å². The quantitative estimate of drug-likeness (QED) is 0.0723. The van der Waals surface area contributed by atoms with Gasteiger partial charge in [-0.3, -0.25) is 9.02 Å². The van der Waals surface area contributed by atoms with Gasteiger partial charge < -0.3 is 9.53 Å². The lowest BCUT2D eigenvalue weighted by Gasteiger charge is -2.52. The van der Waals surface area contributed by atoms with Crippen LogP contribution in [0.1, 0.15) is 107 Å². The zero-order chi connectivity index (χ0) is 32.4. The van der Waals surface area contributed by atoms with Crippen molar-refractivity contribution in [1.82, 2.24) is 5.06 Å². The van der Waals surface area contributed by atoms with Crippen LogP contribution in [0.2, 0.25) is 18.1 Å². The van der Waals surface area contributed by atoms with Crippen LogP contribution in [-0.4, -0.2) is 68.4 Å². The molecule has 248 valence electrons. The molecule has 0 amide bonds. The highest BCUT2D eigenvalue weighted by Gasteiger charge is 2.51. The smallest absolute Gasteiger partial charge is 0.413 e. The standard InChI is InChI=1S/C30H56F3NO6SSi/c1-11-12-13-15-22(39-34-28(5,6)18-14-19-29(34,7)8)16-17-23-24(21-38-41(36,37)30(31,32)33)25(35)20-26(23)40-42(9,10)27(2,3)4/h16-17,22-26,35H,11-15,18-21H2,1-10H3/b17-16+/t22?,23-,24+,25+,26-/m1/s1. The maximum Gasteiger partial charge on any atom is 0.523 e. The molecule has 1 aliphatic carbocycles. The molecule has 1 saturated carbocycles. The molecule has 2 fully saturated rings. The topological polar surface area (TPSA) is 85.3 Å². The molecule has 0 aromatic carbocycles. The second-order valence-corrected chi connectivity index (χ2v) is 21.3. The van der Waals surface area contributed by atoms with E-state index in [9.17, 15) is 26.7 Å². The third-order valence-corrected chi connectivity index (χ3v) is 14.9. The number of alkyl halides is 3. The lowest BCUT2D eigenvalue weighted by atomic mass is 9.82. The summed E-state index contributed by atoms with van der Waals surface area (Å²) in [5.41, 5.74) is -5.90. The molecule has 5 atom stereocenters. The molecule has 1 N–H and O–H groups in total. The van der Waals surface area contributed by atoms with Gasteiger partial charge in [0.25, 0.3) is 0 Å². The van der Waals surface area contributed by atoms with Crippen LogP contribution in [0.5, 0.6) is 0 Å². The summed E-state index contributed by atoms with van der Waals surface area (Å²) in [7, 11) is -8.14. The van der Waals surface area contributed by atoms with Crippen molar-refractivity contribution in [3.63, 3.8) is 0 Å². The highest BCUT2D eigenvalue weighted by molar-refractivity contribution is 7.87. The van der Waals surface area contributed by atoms with Crippen LogP contribution in [0.4, 0.5) is 13.2 Å². The first kappa shape index (κ1) is 37.7. The number of hydroxylamine groups is 2. The first-order chi connectivity index (χ1) is 19.0. The molecule has 42 heavy (non-hydrogen) atoms. The summed E-state index contributed by atoms with van der Waals surface area (Å²) in [6, 6.07) is 0. The van der Waals surface area contributed by atoms with Crippen molar-refractivity contribution in [2.75, 3.05) is 6.61 Å². The number of aliphatic hydroxyl groups excluding tert-OH is 1. The number of unbranched alkanes of at least 4 members (excludes halogenated alkanes) is 2. The van der Waals surface area contributed by atoms with Gasteiger partial charge in [-0.1, -0.05) is 59.1 Å². The van der Waals surface area contributed by atoms with Gasteiger partial charge in [0.05, 0.1) is 24.9 Å². The fourth-order valence-electron chi connectivity index (χ4n) is 5.94. The molecule has 0 bridgehead atoms. The van der Waals surface area contributed by atoms with E-state index in [-0.39, 0.29) is 28.6 Å². The van der Waals surface area contributed by atoms with E-state index in [4.69, 9.17) is 9.26 Å². The van der Waals surface area contributed by atoms with Crippen LogP contribution >= 0.6 is 0 Å². The van der Waals surface area contributed by atoms with Crippen LogP contribution in [0.25, 0.3) is 0 Å². The van der Waals surface area contributed by atoms with Gasteiger partial charge in [-0.05, 0) is 77.9 Å². The average molecular weight is 644 g/mol. The zero-order valence-electron chi connectivity index (χ0n) is 27.4. The van der Waals surface area contributed by atoms with Gasteiger partial charge in [0, 0.05) is 22.9 Å². The van der Waals surface area contributed by atoms with Gasteiger partial charge >= 0.3 is 15.6 Å². The lowest BCUT2D eigenvalue weighted by molar-refractivity contribution is -0.297. The van der Waals surface area contributed by atoms with E-state index in [1.807, 2.05) is 12.2 Å². The van der Waals surface area contributed by atoms with Crippen LogP contribution in [0.15, 0.2) is 12.2 Å². The average Bonchev–Trinajstić information content (AvgIpc) is 3.09. The van der Waals surface area contributed by atoms with E-state index in [1.54, 1.807) is 0 Å². The molecule has 7 nitrogen and oxygen atoms in total. The minimum atomic E-state index is -5.80. The largest absolute Gasteiger partial charge is 0.523 e. The molecule has 2 aliphatic rings. The summed E-state index contributed by atoms with van der Waals surface area (Å²) in [4.78, 5) is 6.72. The SMILES string of the molecule is CCCCCC(/C=C/[C@@H]1[C@H](COS(=O)(=O)C(F)(F)F)[C@@H](O)C[C@H]1O[Si](C)(C)C(C)(C)C)ON1C(C)(C)CCCC1(C)C. The molecule has 0 aromatic heterocycles. The Labute approximate surface area is 253 Å². The summed E-state index contributed by atoms with van der Waals surface area (Å²) in [5.74, 6) is -1.45. The monoisotopic (exact) mass is 643 g/mol. The predicted octanol–water partition coefficient (Wildman–Crippen LogP) is 7.72. The van der Waals surface area contributed by atoms with Crippen molar-refractivity contribution >= 4 is 18.4 Å². The van der Waals surface area contributed by atoms with Crippen molar-refractivity contribution in [2.24, 2.45) is 11.8 Å². The number of rotatable bonds is 13. The van der Waals surface area contributed by atoms with Gasteiger partial charge in [-0.15, -0.1) is 0 Å². The molecular weight excluding hydrogens is 587 g/mol. The molecule has 0 spiro atoms. The molecule has 0 radical (unpaired) electrons. The minimum Gasteiger partial charge on any atom is -0.413 e. The molecule has 1 saturated heterocycles. The highest BCUT2D eigenvalue weighted by atomic mass is 32.2. The van der Waals surface area contributed by atoms with Crippen LogP contribution in [0, 0.1) is 11.8 Å². The van der Waals surface area contributed by atoms with Gasteiger partial charge in [-0.2, -0.15) is 26.7 Å². The maximum atomic E-state index is 13.1. The molecule has 1 heterocycles. The summed E-state index contributed by atoms with van der Waals surface area (Å²) in [5, 5.41) is 12.9. The molecular formula is C30H56F3NO6SSi. The number of aliphatic hydroxyl groups is 1. The van der Waals surface area contributed by atoms with E-state index in [0.29, 0.717) is 0 Å². The summed E-state index contributed by atoms with van der Waals surface area (Å²) < 4.78 is 73.7. The van der Waals surface area contributed by atoms with Crippen molar-refractivity contribution in [3.8, 4) is 0 Å². The fourth-order valence-corrected chi connectivity index (χ4v) is 7.77. The van der Waals surface area contributed by atoms with E-state index in [1.165, 1.54) is 0 Å². The highest BCUT2D eigenvalue weighted by Crippen LogP contribution is 2.44. The van der Waals surface area contributed by atoms with Gasteiger partial charge in [0.2, 0.25) is 0 Å². The molecule has 12 heteroatoms. The van der Waals surface area contributed by atoms with Crippen molar-refractivity contribution in [1.29, 1.82) is 0 Å². The fraction of sp³-hybridized carbons (Fsp3) is 0.933. The Balaban J connectivity index is 2.43. The summed E-state index contributed by atoms with van der Waals surface area (Å²) in [6.45, 7) is 20.5. The number of hydrogen-bond acceptors (Lipinski definition) is 7. The van der Waals surface area contributed by atoms with Crippen molar-refractivity contribution in [2.45, 2.75) is 160 Å².